The van der Waals surface area contributed by atoms with Gasteiger partial charge in [0.2, 0.25) is 21.8 Å². The molecule has 0 saturated carbocycles. The van der Waals surface area contributed by atoms with Crippen molar-refractivity contribution in [2.24, 2.45) is 5.92 Å². The Morgan fingerprint density at radius 2 is 1.91 bits per heavy atom. The van der Waals surface area contributed by atoms with Crippen LogP contribution in [0, 0.1) is 16.0 Å². The number of carbonyl (C=O) groups excluding carboxylic acids is 2. The van der Waals surface area contributed by atoms with E-state index in [4.69, 9.17) is 0 Å². The summed E-state index contributed by atoms with van der Waals surface area (Å²) in [6.45, 7) is 10.5. The topological polar surface area (TPSA) is 139 Å². The molecule has 33 heavy (non-hydrogen) atoms. The van der Waals surface area contributed by atoms with E-state index in [1.807, 2.05) is 20.8 Å². The summed E-state index contributed by atoms with van der Waals surface area (Å²) >= 11 is 0. The van der Waals surface area contributed by atoms with Crippen molar-refractivity contribution in [3.05, 3.63) is 47.0 Å². The molecule has 10 nitrogen and oxygen atoms in total. The Morgan fingerprint density at radius 3 is 2.45 bits per heavy atom. The normalized spacial score (nSPS) is 18.8. The number of rotatable bonds is 9. The SMILES string of the molecule is C=CCCC(NC(C)=O)(C(=O)NC(C)(C)C)C1CCN(S(=O)(=O)c2ccccc2[N+](=O)[O-])C1. The van der Waals surface area contributed by atoms with Crippen LogP contribution in [0.15, 0.2) is 41.8 Å². The first kappa shape index (κ1) is 26.5. The second kappa shape index (κ2) is 10.0. The maximum absolute atomic E-state index is 13.5. The van der Waals surface area contributed by atoms with Gasteiger partial charge in [0.05, 0.1) is 4.92 Å². The van der Waals surface area contributed by atoms with E-state index in [-0.39, 0.29) is 19.5 Å². The summed E-state index contributed by atoms with van der Waals surface area (Å²) in [5, 5.41) is 17.1. The lowest BCUT2D eigenvalue weighted by Gasteiger charge is -2.40. The van der Waals surface area contributed by atoms with Crippen molar-refractivity contribution in [2.75, 3.05) is 13.1 Å². The van der Waals surface area contributed by atoms with E-state index >= 15 is 0 Å². The van der Waals surface area contributed by atoms with Crippen LogP contribution in [0.4, 0.5) is 5.69 Å². The van der Waals surface area contributed by atoms with Crippen molar-refractivity contribution in [3.63, 3.8) is 0 Å². The Bertz CT molecular complexity index is 1030. The van der Waals surface area contributed by atoms with E-state index in [2.05, 4.69) is 17.2 Å². The maximum atomic E-state index is 13.5. The zero-order valence-corrected chi connectivity index (χ0v) is 20.3. The molecule has 0 aliphatic carbocycles. The Kier molecular flexibility index (Phi) is 8.02. The lowest BCUT2D eigenvalue weighted by atomic mass is 9.77. The lowest BCUT2D eigenvalue weighted by molar-refractivity contribution is -0.387. The molecule has 11 heteroatoms. The van der Waals surface area contributed by atoms with E-state index in [1.54, 1.807) is 6.08 Å². The summed E-state index contributed by atoms with van der Waals surface area (Å²) in [6.07, 6.45) is 2.60. The molecular weight excluding hydrogens is 448 g/mol. The van der Waals surface area contributed by atoms with E-state index < -0.39 is 54.3 Å². The molecule has 2 unspecified atom stereocenters. The average molecular weight is 481 g/mol. The fourth-order valence-electron chi connectivity index (χ4n) is 4.13. The van der Waals surface area contributed by atoms with Gasteiger partial charge in [-0.05, 0) is 46.1 Å². The van der Waals surface area contributed by atoms with E-state index in [0.29, 0.717) is 12.8 Å². The molecule has 1 aromatic rings. The number of benzene rings is 1. The monoisotopic (exact) mass is 480 g/mol. The third-order valence-electron chi connectivity index (χ3n) is 5.56. The molecule has 2 N–H and O–H groups in total. The first-order valence-corrected chi connectivity index (χ1v) is 12.1. The molecular formula is C22H32N4O6S. The number of nitro groups is 1. The van der Waals surface area contributed by atoms with Crippen molar-refractivity contribution in [1.82, 2.24) is 14.9 Å². The zero-order valence-electron chi connectivity index (χ0n) is 19.5. The van der Waals surface area contributed by atoms with Gasteiger partial charge in [0.15, 0.2) is 4.90 Å². The average Bonchev–Trinajstić information content (AvgIpc) is 3.21. The Balaban J connectivity index is 2.47. The number of hydrogen-bond acceptors (Lipinski definition) is 6. The molecule has 1 fully saturated rings. The van der Waals surface area contributed by atoms with Gasteiger partial charge in [-0.1, -0.05) is 18.2 Å². The Hall–Kier alpha value is -2.79. The van der Waals surface area contributed by atoms with Crippen molar-refractivity contribution in [2.45, 2.75) is 62.9 Å². The minimum atomic E-state index is -4.19. The summed E-state index contributed by atoms with van der Waals surface area (Å²) in [7, 11) is -4.19. The van der Waals surface area contributed by atoms with Gasteiger partial charge in [0, 0.05) is 37.5 Å². The van der Waals surface area contributed by atoms with Crippen molar-refractivity contribution in [1.29, 1.82) is 0 Å². The lowest BCUT2D eigenvalue weighted by Crippen LogP contribution is -2.65. The largest absolute Gasteiger partial charge is 0.349 e. The maximum Gasteiger partial charge on any atom is 0.289 e. The van der Waals surface area contributed by atoms with Crippen LogP contribution < -0.4 is 10.6 Å². The Morgan fingerprint density at radius 1 is 1.27 bits per heavy atom. The minimum Gasteiger partial charge on any atom is -0.349 e. The minimum absolute atomic E-state index is 0.0661. The third-order valence-corrected chi connectivity index (χ3v) is 7.48. The molecule has 0 spiro atoms. The summed E-state index contributed by atoms with van der Waals surface area (Å²) in [6, 6.07) is 5.17. The number of carbonyl (C=O) groups is 2. The highest BCUT2D eigenvalue weighted by Crippen LogP contribution is 2.36. The number of nitrogens with one attached hydrogen (secondary N) is 2. The fourth-order valence-corrected chi connectivity index (χ4v) is 5.79. The van der Waals surface area contributed by atoms with Crippen LogP contribution in [-0.2, 0) is 19.6 Å². The number of para-hydroxylation sites is 1. The highest BCUT2D eigenvalue weighted by Gasteiger charge is 2.51. The fraction of sp³-hybridized carbons (Fsp3) is 0.545. The molecule has 0 bridgehead atoms. The summed E-state index contributed by atoms with van der Waals surface area (Å²) < 4.78 is 27.7. The third kappa shape index (κ3) is 5.97. The number of amides is 2. The summed E-state index contributed by atoms with van der Waals surface area (Å²) in [5.41, 5.74) is -2.45. The smallest absolute Gasteiger partial charge is 0.289 e. The van der Waals surface area contributed by atoms with E-state index in [9.17, 15) is 28.1 Å². The van der Waals surface area contributed by atoms with Crippen LogP contribution in [-0.4, -0.2) is 53.6 Å². The van der Waals surface area contributed by atoms with E-state index in [0.717, 1.165) is 10.4 Å². The summed E-state index contributed by atoms with van der Waals surface area (Å²) in [4.78, 5) is 35.9. The first-order valence-electron chi connectivity index (χ1n) is 10.7. The van der Waals surface area contributed by atoms with Crippen LogP contribution >= 0.6 is 0 Å². The predicted octanol–water partition coefficient (Wildman–Crippen LogP) is 2.36. The molecule has 1 aliphatic heterocycles. The second-order valence-electron chi connectivity index (χ2n) is 9.26. The number of sulfonamides is 1. The molecule has 2 atom stereocenters. The summed E-state index contributed by atoms with van der Waals surface area (Å²) in [5.74, 6) is -1.36. The number of hydrogen-bond donors (Lipinski definition) is 2. The number of nitro benzene ring substituents is 1. The molecule has 0 aromatic heterocycles. The van der Waals surface area contributed by atoms with Crippen molar-refractivity contribution >= 4 is 27.5 Å². The van der Waals surface area contributed by atoms with Crippen LogP contribution in [0.25, 0.3) is 0 Å². The molecule has 182 valence electrons. The highest BCUT2D eigenvalue weighted by molar-refractivity contribution is 7.89. The highest BCUT2D eigenvalue weighted by atomic mass is 32.2. The molecule has 0 radical (unpaired) electrons. The second-order valence-corrected chi connectivity index (χ2v) is 11.2. The van der Waals surface area contributed by atoms with Crippen molar-refractivity contribution in [3.8, 4) is 0 Å². The van der Waals surface area contributed by atoms with Gasteiger partial charge in [0.25, 0.3) is 5.69 Å². The Labute approximate surface area is 194 Å². The molecule has 2 rings (SSSR count). The predicted molar refractivity (Wildman–Crippen MR) is 124 cm³/mol. The van der Waals surface area contributed by atoms with Gasteiger partial charge in [0.1, 0.15) is 5.54 Å². The standard InChI is InChI=1S/C22H32N4O6S/c1-6-7-13-22(23-16(2)27,20(28)24-21(3,4)5)17-12-14-25(15-17)33(31,32)19-11-9-8-10-18(19)26(29)30/h6,8-11,17H,1,7,12-15H2,2-5H3,(H,23,27)(H,24,28). The zero-order chi connectivity index (χ0) is 25.0. The number of nitrogens with zero attached hydrogens (tertiary/aromatic N) is 2. The molecule has 1 aliphatic rings. The first-order chi connectivity index (χ1) is 15.2. The van der Waals surface area contributed by atoms with Gasteiger partial charge >= 0.3 is 0 Å². The van der Waals surface area contributed by atoms with Gasteiger partial charge in [-0.15, -0.1) is 6.58 Å². The molecule has 2 amide bonds. The molecule has 1 saturated heterocycles. The van der Waals surface area contributed by atoms with Crippen LogP contribution in [0.5, 0.6) is 0 Å². The van der Waals surface area contributed by atoms with Gasteiger partial charge in [-0.3, -0.25) is 19.7 Å². The van der Waals surface area contributed by atoms with Crippen LogP contribution in [0.3, 0.4) is 0 Å². The van der Waals surface area contributed by atoms with Gasteiger partial charge in [-0.2, -0.15) is 4.31 Å². The number of allylic oxidation sites excluding steroid dienone is 1. The van der Waals surface area contributed by atoms with Crippen LogP contribution in [0.2, 0.25) is 0 Å². The van der Waals surface area contributed by atoms with Gasteiger partial charge in [-0.25, -0.2) is 8.42 Å². The molecule has 1 aromatic carbocycles. The quantitative estimate of drug-likeness (QED) is 0.316. The van der Waals surface area contributed by atoms with E-state index in [1.165, 1.54) is 25.1 Å². The van der Waals surface area contributed by atoms with Gasteiger partial charge < -0.3 is 10.6 Å². The van der Waals surface area contributed by atoms with Crippen LogP contribution in [0.1, 0.15) is 47.0 Å². The molecule has 1 heterocycles. The van der Waals surface area contributed by atoms with Crippen molar-refractivity contribution < 1.29 is 22.9 Å².